The Hall–Kier alpha value is -2.99. The first-order valence-corrected chi connectivity index (χ1v) is 11.6. The Labute approximate surface area is 194 Å². The van der Waals surface area contributed by atoms with Crippen molar-refractivity contribution in [2.24, 2.45) is 0 Å². The van der Waals surface area contributed by atoms with Crippen molar-refractivity contribution in [3.8, 4) is 0 Å². The maximum atomic E-state index is 14.0. The van der Waals surface area contributed by atoms with E-state index in [-0.39, 0.29) is 15.2 Å². The number of rotatable bonds is 5. The lowest BCUT2D eigenvalue weighted by Gasteiger charge is -2.31. The summed E-state index contributed by atoms with van der Waals surface area (Å²) >= 11 is 0. The lowest BCUT2D eigenvalue weighted by Crippen LogP contribution is -2.42. The number of halogens is 4. The number of ether oxygens (including phenoxy) is 1. The summed E-state index contributed by atoms with van der Waals surface area (Å²) in [6.07, 6.45) is -3.26. The van der Waals surface area contributed by atoms with Gasteiger partial charge in [-0.2, -0.15) is 17.5 Å². The summed E-state index contributed by atoms with van der Waals surface area (Å²) in [6.45, 7) is 5.77. The SMILES string of the molecule is CCN([C@H](c1ccc(F)cc1)C(F)(F)F)S(=O)(=O)c1cc2ccn(C(=O)OC(C)(C)C)c2cn1. The summed E-state index contributed by atoms with van der Waals surface area (Å²) in [7, 11) is -4.74. The van der Waals surface area contributed by atoms with Gasteiger partial charge in [-0.3, -0.25) is 4.57 Å². The van der Waals surface area contributed by atoms with Crippen molar-refractivity contribution < 1.29 is 35.5 Å². The van der Waals surface area contributed by atoms with Crippen molar-refractivity contribution in [2.75, 3.05) is 6.54 Å². The number of pyridine rings is 1. The van der Waals surface area contributed by atoms with Gasteiger partial charge in [0.2, 0.25) is 0 Å². The van der Waals surface area contributed by atoms with E-state index in [2.05, 4.69) is 4.98 Å². The second-order valence-corrected chi connectivity index (χ2v) is 10.3. The molecule has 0 unspecified atom stereocenters. The van der Waals surface area contributed by atoms with E-state index >= 15 is 0 Å². The van der Waals surface area contributed by atoms with Crippen molar-refractivity contribution in [2.45, 2.75) is 50.5 Å². The van der Waals surface area contributed by atoms with Gasteiger partial charge in [0.25, 0.3) is 10.0 Å². The summed E-state index contributed by atoms with van der Waals surface area (Å²) in [5.41, 5.74) is -0.988. The van der Waals surface area contributed by atoms with Crippen LogP contribution in [0.1, 0.15) is 39.3 Å². The van der Waals surface area contributed by atoms with Gasteiger partial charge in [0, 0.05) is 18.1 Å². The molecule has 2 aromatic heterocycles. The first-order chi connectivity index (χ1) is 15.6. The van der Waals surface area contributed by atoms with Crippen LogP contribution in [0.5, 0.6) is 0 Å². The fraction of sp³-hybridized carbons (Fsp3) is 0.364. The lowest BCUT2D eigenvalue weighted by molar-refractivity contribution is -0.173. The quantitative estimate of drug-likeness (QED) is 0.445. The first kappa shape index (κ1) is 25.6. The maximum absolute atomic E-state index is 14.0. The Morgan fingerprint density at radius 1 is 1.15 bits per heavy atom. The molecule has 0 aliphatic rings. The predicted octanol–water partition coefficient (Wildman–Crippen LogP) is 5.27. The van der Waals surface area contributed by atoms with Crippen LogP contribution < -0.4 is 0 Å². The van der Waals surface area contributed by atoms with Crippen LogP contribution in [0.3, 0.4) is 0 Å². The van der Waals surface area contributed by atoms with Crippen LogP contribution in [-0.4, -0.2) is 46.7 Å². The molecular weight excluding hydrogens is 478 g/mol. The number of hydrogen-bond acceptors (Lipinski definition) is 5. The summed E-state index contributed by atoms with van der Waals surface area (Å²) < 4.78 is 88.4. The zero-order valence-corrected chi connectivity index (χ0v) is 19.6. The Morgan fingerprint density at radius 2 is 1.76 bits per heavy atom. The molecule has 3 rings (SSSR count). The standard InChI is InChI=1S/C22H23F4N3O4S/c1-5-29(19(22(24,25)26)14-6-8-16(23)9-7-14)34(31,32)18-12-15-10-11-28(17(15)13-27-18)20(30)33-21(2,3)4/h6-13,19H,5H2,1-4H3/t19-/m1/s1. The molecule has 0 saturated heterocycles. The van der Waals surface area contributed by atoms with Crippen LogP contribution in [-0.2, 0) is 14.8 Å². The fourth-order valence-corrected chi connectivity index (χ4v) is 4.96. The molecule has 0 saturated carbocycles. The molecule has 7 nitrogen and oxygen atoms in total. The van der Waals surface area contributed by atoms with Crippen LogP contribution in [0, 0.1) is 5.82 Å². The van der Waals surface area contributed by atoms with E-state index in [1.54, 1.807) is 20.8 Å². The number of fused-ring (bicyclic) bond motifs is 1. The highest BCUT2D eigenvalue weighted by Gasteiger charge is 2.49. The van der Waals surface area contributed by atoms with Crippen LogP contribution in [0.2, 0.25) is 0 Å². The topological polar surface area (TPSA) is 81.5 Å². The minimum atomic E-state index is -4.98. The molecule has 0 spiro atoms. The third-order valence-electron chi connectivity index (χ3n) is 4.81. The van der Waals surface area contributed by atoms with Gasteiger partial charge < -0.3 is 4.74 Å². The highest BCUT2D eigenvalue weighted by Crippen LogP contribution is 2.40. The number of carbonyl (C=O) groups is 1. The zero-order chi connectivity index (χ0) is 25.5. The first-order valence-electron chi connectivity index (χ1n) is 10.2. The van der Waals surface area contributed by atoms with Gasteiger partial charge in [0.05, 0.1) is 11.7 Å². The van der Waals surface area contributed by atoms with Crippen LogP contribution >= 0.6 is 0 Å². The average Bonchev–Trinajstić information content (AvgIpc) is 3.14. The van der Waals surface area contributed by atoms with Crippen LogP contribution in [0.15, 0.2) is 53.8 Å². The third kappa shape index (κ3) is 5.22. The molecule has 1 atom stereocenters. The second-order valence-electron chi connectivity index (χ2n) is 8.45. The van der Waals surface area contributed by atoms with E-state index in [1.165, 1.54) is 19.2 Å². The molecule has 0 amide bonds. The number of carbonyl (C=O) groups excluding carboxylic acids is 1. The predicted molar refractivity (Wildman–Crippen MR) is 116 cm³/mol. The van der Waals surface area contributed by atoms with Crippen molar-refractivity contribution in [3.05, 3.63) is 60.2 Å². The van der Waals surface area contributed by atoms with Crippen molar-refractivity contribution in [3.63, 3.8) is 0 Å². The van der Waals surface area contributed by atoms with E-state index in [0.29, 0.717) is 0 Å². The number of hydrogen-bond donors (Lipinski definition) is 0. The minimum Gasteiger partial charge on any atom is -0.443 e. The molecule has 34 heavy (non-hydrogen) atoms. The summed E-state index contributed by atoms with van der Waals surface area (Å²) in [5, 5.41) is -0.360. The molecule has 12 heteroatoms. The number of aromatic nitrogens is 2. The minimum absolute atomic E-state index is 0.224. The summed E-state index contributed by atoms with van der Waals surface area (Å²) in [4.78, 5) is 16.2. The molecule has 0 N–H and O–H groups in total. The molecule has 0 bridgehead atoms. The number of benzene rings is 1. The largest absolute Gasteiger partial charge is 0.443 e. The van der Waals surface area contributed by atoms with E-state index in [9.17, 15) is 30.8 Å². The van der Waals surface area contributed by atoms with Gasteiger partial charge >= 0.3 is 12.3 Å². The fourth-order valence-electron chi connectivity index (χ4n) is 3.40. The number of alkyl halides is 3. The average molecular weight is 502 g/mol. The van der Waals surface area contributed by atoms with E-state index in [1.807, 2.05) is 0 Å². The van der Waals surface area contributed by atoms with E-state index in [0.717, 1.165) is 41.1 Å². The highest BCUT2D eigenvalue weighted by atomic mass is 32.2. The molecule has 0 radical (unpaired) electrons. The van der Waals surface area contributed by atoms with Crippen LogP contribution in [0.4, 0.5) is 22.4 Å². The molecule has 0 aliphatic heterocycles. The molecule has 1 aromatic carbocycles. The Kier molecular flexibility index (Phi) is 6.78. The summed E-state index contributed by atoms with van der Waals surface area (Å²) in [5.74, 6) is -0.753. The van der Waals surface area contributed by atoms with Crippen LogP contribution in [0.25, 0.3) is 10.9 Å². The molecule has 184 valence electrons. The van der Waals surface area contributed by atoms with Gasteiger partial charge in [-0.15, -0.1) is 0 Å². The summed E-state index contributed by atoms with van der Waals surface area (Å²) in [6, 6.07) is 3.42. The van der Waals surface area contributed by atoms with Gasteiger partial charge in [0.1, 0.15) is 17.5 Å². The van der Waals surface area contributed by atoms with E-state index in [4.69, 9.17) is 4.74 Å². The highest BCUT2D eigenvalue weighted by molar-refractivity contribution is 7.89. The van der Waals surface area contributed by atoms with Gasteiger partial charge in [-0.25, -0.2) is 22.6 Å². The number of nitrogens with zero attached hydrogens (tertiary/aromatic N) is 3. The monoisotopic (exact) mass is 501 g/mol. The zero-order valence-electron chi connectivity index (χ0n) is 18.8. The third-order valence-corrected chi connectivity index (χ3v) is 6.65. The normalized spacial score (nSPS) is 13.9. The van der Waals surface area contributed by atoms with Crippen molar-refractivity contribution in [1.82, 2.24) is 13.9 Å². The molecular formula is C22H23F4N3O4S. The second kappa shape index (κ2) is 8.99. The number of sulfonamides is 1. The molecule has 2 heterocycles. The Morgan fingerprint density at radius 3 is 2.29 bits per heavy atom. The van der Waals surface area contributed by atoms with Crippen molar-refractivity contribution in [1.29, 1.82) is 0 Å². The Bertz CT molecular complexity index is 1300. The van der Waals surface area contributed by atoms with Gasteiger partial charge in [0.15, 0.2) is 5.03 Å². The molecule has 0 aliphatic carbocycles. The smallest absolute Gasteiger partial charge is 0.419 e. The molecule has 3 aromatic rings. The lowest BCUT2D eigenvalue weighted by atomic mass is 10.1. The molecule has 0 fully saturated rings. The maximum Gasteiger partial charge on any atom is 0.419 e. The van der Waals surface area contributed by atoms with Gasteiger partial charge in [-0.05, 0) is 50.6 Å². The van der Waals surface area contributed by atoms with E-state index < -0.39 is 56.9 Å². The Balaban J connectivity index is 2.05. The van der Waals surface area contributed by atoms with Crippen molar-refractivity contribution >= 4 is 27.0 Å². The van der Waals surface area contributed by atoms with Gasteiger partial charge in [-0.1, -0.05) is 19.1 Å².